The Kier molecular flexibility index (Phi) is 4.82. The monoisotopic (exact) mass is 345 g/mol. The number of ether oxygens (including phenoxy) is 1. The van der Waals surface area contributed by atoms with Gasteiger partial charge in [0, 0.05) is 24.8 Å². The molecule has 3 amide bonds. The van der Waals surface area contributed by atoms with Gasteiger partial charge in [0.2, 0.25) is 11.8 Å². The van der Waals surface area contributed by atoms with Crippen molar-refractivity contribution in [3.8, 4) is 5.75 Å². The fraction of sp³-hybridized carbons (Fsp3) is 0.375. The van der Waals surface area contributed by atoms with E-state index in [1.165, 1.54) is 4.90 Å². The van der Waals surface area contributed by atoms with Crippen LogP contribution in [0.5, 0.6) is 5.75 Å². The highest BCUT2D eigenvalue weighted by Gasteiger charge is 2.34. The summed E-state index contributed by atoms with van der Waals surface area (Å²) in [4.78, 5) is 30.5. The molecule has 9 heteroatoms. The highest BCUT2D eigenvalue weighted by atomic mass is 16.5. The molecule has 3 rings (SSSR count). The topological polar surface area (TPSA) is 110 Å². The summed E-state index contributed by atoms with van der Waals surface area (Å²) in [5.41, 5.74) is 0.586. The van der Waals surface area contributed by atoms with E-state index in [9.17, 15) is 9.59 Å². The van der Waals surface area contributed by atoms with Crippen LogP contribution in [-0.2, 0) is 11.2 Å². The molecule has 0 aliphatic carbocycles. The van der Waals surface area contributed by atoms with Gasteiger partial charge in [-0.3, -0.25) is 4.79 Å². The lowest BCUT2D eigenvalue weighted by molar-refractivity contribution is -0.127. The van der Waals surface area contributed by atoms with Crippen LogP contribution in [0, 0.1) is 6.92 Å². The van der Waals surface area contributed by atoms with E-state index in [1.54, 1.807) is 38.3 Å². The molecule has 2 N–H and O–H groups in total. The lowest BCUT2D eigenvalue weighted by Gasteiger charge is -2.34. The van der Waals surface area contributed by atoms with Crippen molar-refractivity contribution in [2.24, 2.45) is 0 Å². The molecule has 25 heavy (non-hydrogen) atoms. The van der Waals surface area contributed by atoms with Gasteiger partial charge < -0.3 is 24.8 Å². The fourth-order valence-electron chi connectivity index (χ4n) is 2.65. The Balaban J connectivity index is 1.74. The minimum Gasteiger partial charge on any atom is -0.497 e. The maximum Gasteiger partial charge on any atom is 0.322 e. The van der Waals surface area contributed by atoms with Gasteiger partial charge in [0.05, 0.1) is 13.5 Å². The van der Waals surface area contributed by atoms with E-state index in [4.69, 9.17) is 9.26 Å². The summed E-state index contributed by atoms with van der Waals surface area (Å²) in [5.74, 6) is 1.19. The number of piperazine rings is 1. The number of urea groups is 1. The van der Waals surface area contributed by atoms with Crippen molar-refractivity contribution in [2.75, 3.05) is 25.5 Å². The van der Waals surface area contributed by atoms with Crippen molar-refractivity contribution < 1.29 is 18.8 Å². The molecule has 0 spiro atoms. The van der Waals surface area contributed by atoms with Crippen molar-refractivity contribution >= 4 is 17.6 Å². The lowest BCUT2D eigenvalue weighted by atomic mass is 10.1. The minimum absolute atomic E-state index is 0.165. The summed E-state index contributed by atoms with van der Waals surface area (Å²) in [6.07, 6.45) is 0.165. The minimum atomic E-state index is -0.709. The molecule has 1 aliphatic heterocycles. The first-order valence-corrected chi connectivity index (χ1v) is 7.85. The molecule has 0 radical (unpaired) electrons. The number of nitrogens with zero attached hydrogens (tertiary/aromatic N) is 3. The van der Waals surface area contributed by atoms with Gasteiger partial charge in [0.15, 0.2) is 5.82 Å². The highest BCUT2D eigenvalue weighted by molar-refractivity contribution is 5.94. The Hall–Kier alpha value is -3.10. The number of anilines is 1. The summed E-state index contributed by atoms with van der Waals surface area (Å²) in [6, 6.07) is 5.93. The summed E-state index contributed by atoms with van der Waals surface area (Å²) in [7, 11) is 1.55. The smallest absolute Gasteiger partial charge is 0.322 e. The zero-order valence-electron chi connectivity index (χ0n) is 14.0. The summed E-state index contributed by atoms with van der Waals surface area (Å²) in [5, 5.41) is 9.26. The lowest BCUT2D eigenvalue weighted by Crippen LogP contribution is -2.59. The number of hydrogen-bond acceptors (Lipinski definition) is 6. The molecule has 1 aromatic heterocycles. The average molecular weight is 345 g/mol. The molecule has 1 aliphatic rings. The van der Waals surface area contributed by atoms with E-state index in [1.807, 2.05) is 0 Å². The molecular weight excluding hydrogens is 326 g/mol. The van der Waals surface area contributed by atoms with E-state index in [2.05, 4.69) is 20.8 Å². The van der Waals surface area contributed by atoms with E-state index < -0.39 is 6.04 Å². The molecule has 2 heterocycles. The Labute approximate surface area is 144 Å². The first kappa shape index (κ1) is 16.7. The normalized spacial score (nSPS) is 17.1. The Morgan fingerprint density at radius 3 is 3.08 bits per heavy atom. The number of amides is 3. The number of methoxy groups -OCH3 is 1. The molecule has 1 saturated heterocycles. The quantitative estimate of drug-likeness (QED) is 0.854. The van der Waals surface area contributed by atoms with Crippen LogP contribution in [0.4, 0.5) is 10.5 Å². The van der Waals surface area contributed by atoms with Gasteiger partial charge in [-0.05, 0) is 19.1 Å². The van der Waals surface area contributed by atoms with Crippen LogP contribution in [0.15, 0.2) is 28.8 Å². The predicted octanol–water partition coefficient (Wildman–Crippen LogP) is 0.962. The second-order valence-corrected chi connectivity index (χ2v) is 5.60. The molecule has 1 unspecified atom stereocenters. The van der Waals surface area contributed by atoms with Gasteiger partial charge in [-0.2, -0.15) is 4.98 Å². The zero-order valence-corrected chi connectivity index (χ0v) is 14.0. The predicted molar refractivity (Wildman–Crippen MR) is 88.3 cm³/mol. The molecule has 132 valence electrons. The molecule has 1 atom stereocenters. The zero-order chi connectivity index (χ0) is 17.8. The van der Waals surface area contributed by atoms with Crippen molar-refractivity contribution in [3.05, 3.63) is 36.0 Å². The summed E-state index contributed by atoms with van der Waals surface area (Å²) >= 11 is 0. The average Bonchev–Trinajstić information content (AvgIpc) is 3.01. The van der Waals surface area contributed by atoms with Gasteiger partial charge in [-0.25, -0.2) is 4.79 Å². The van der Waals surface area contributed by atoms with Crippen LogP contribution in [-0.4, -0.2) is 53.2 Å². The first-order chi connectivity index (χ1) is 12.1. The van der Waals surface area contributed by atoms with Crippen molar-refractivity contribution in [1.29, 1.82) is 0 Å². The second kappa shape index (κ2) is 7.20. The van der Waals surface area contributed by atoms with E-state index in [0.29, 0.717) is 36.2 Å². The Bertz CT molecular complexity index is 775. The van der Waals surface area contributed by atoms with Crippen LogP contribution in [0.2, 0.25) is 0 Å². The van der Waals surface area contributed by atoms with Gasteiger partial charge in [0.25, 0.3) is 0 Å². The van der Waals surface area contributed by atoms with Crippen LogP contribution in [0.3, 0.4) is 0 Å². The highest BCUT2D eigenvalue weighted by Crippen LogP contribution is 2.18. The maximum absolute atomic E-state index is 12.6. The number of carbonyl (C=O) groups excluding carboxylic acids is 2. The maximum atomic E-state index is 12.6. The first-order valence-electron chi connectivity index (χ1n) is 7.85. The number of hydrogen-bond donors (Lipinski definition) is 2. The van der Waals surface area contributed by atoms with Crippen molar-refractivity contribution in [3.63, 3.8) is 0 Å². The van der Waals surface area contributed by atoms with Crippen LogP contribution in [0.1, 0.15) is 11.7 Å². The van der Waals surface area contributed by atoms with Crippen molar-refractivity contribution in [2.45, 2.75) is 19.4 Å². The molecule has 0 bridgehead atoms. The van der Waals surface area contributed by atoms with Crippen LogP contribution in [0.25, 0.3) is 0 Å². The molecule has 1 fully saturated rings. The van der Waals surface area contributed by atoms with Crippen LogP contribution >= 0.6 is 0 Å². The van der Waals surface area contributed by atoms with E-state index in [0.717, 1.165) is 0 Å². The third-order valence-corrected chi connectivity index (χ3v) is 3.85. The Morgan fingerprint density at radius 2 is 2.36 bits per heavy atom. The second-order valence-electron chi connectivity index (χ2n) is 5.60. The van der Waals surface area contributed by atoms with Gasteiger partial charge in [-0.1, -0.05) is 11.2 Å². The van der Waals surface area contributed by atoms with Gasteiger partial charge in [0.1, 0.15) is 11.8 Å². The van der Waals surface area contributed by atoms with Gasteiger partial charge >= 0.3 is 6.03 Å². The van der Waals surface area contributed by atoms with Crippen molar-refractivity contribution in [1.82, 2.24) is 20.4 Å². The standard InChI is InChI=1S/C16H19N5O4/c1-10-18-14(25-20-10)9-13-15(22)17-6-7-21(13)16(23)19-11-4-3-5-12(8-11)24-2/h3-5,8,13H,6-7,9H2,1-2H3,(H,17,22)(H,19,23). The summed E-state index contributed by atoms with van der Waals surface area (Å²) < 4.78 is 10.2. The number of carbonyl (C=O) groups is 2. The largest absolute Gasteiger partial charge is 0.497 e. The van der Waals surface area contributed by atoms with Crippen LogP contribution < -0.4 is 15.4 Å². The Morgan fingerprint density at radius 1 is 1.52 bits per heavy atom. The molecule has 9 nitrogen and oxygen atoms in total. The number of aromatic nitrogens is 2. The summed E-state index contributed by atoms with van der Waals surface area (Å²) in [6.45, 7) is 2.48. The third kappa shape index (κ3) is 3.87. The molecule has 1 aromatic carbocycles. The molecule has 0 saturated carbocycles. The molecular formula is C16H19N5O4. The van der Waals surface area contributed by atoms with E-state index in [-0.39, 0.29) is 18.4 Å². The fourth-order valence-corrected chi connectivity index (χ4v) is 2.65. The number of rotatable bonds is 4. The van der Waals surface area contributed by atoms with Gasteiger partial charge in [-0.15, -0.1) is 0 Å². The SMILES string of the molecule is COc1cccc(NC(=O)N2CCNC(=O)C2Cc2nc(C)no2)c1. The van der Waals surface area contributed by atoms with E-state index >= 15 is 0 Å². The number of benzene rings is 1. The number of nitrogens with one attached hydrogen (secondary N) is 2. The third-order valence-electron chi connectivity index (χ3n) is 3.85. The number of aryl methyl sites for hydroxylation is 1. The molecule has 2 aromatic rings.